The molecule has 8 heteroatoms. The summed E-state index contributed by atoms with van der Waals surface area (Å²) < 4.78 is 13.3. The van der Waals surface area contributed by atoms with Gasteiger partial charge in [0.05, 0.1) is 10.7 Å². The van der Waals surface area contributed by atoms with E-state index in [1.165, 1.54) is 0 Å². The molecular weight excluding hydrogens is 336 g/mol. The normalized spacial score (nSPS) is 19.6. The lowest BCUT2D eigenvalue weighted by Crippen LogP contribution is -2.42. The van der Waals surface area contributed by atoms with E-state index in [0.717, 1.165) is 25.2 Å². The first-order chi connectivity index (χ1) is 11.1. The van der Waals surface area contributed by atoms with Crippen molar-refractivity contribution in [3.63, 3.8) is 0 Å². The van der Waals surface area contributed by atoms with Gasteiger partial charge in [-0.15, -0.1) is 0 Å². The quantitative estimate of drug-likeness (QED) is 0.763. The Bertz CT molecular complexity index is 580. The van der Waals surface area contributed by atoms with E-state index >= 15 is 0 Å². The number of halogens is 1. The molecule has 1 fully saturated rings. The second kappa shape index (κ2) is 8.26. The van der Waals surface area contributed by atoms with Gasteiger partial charge in [-0.3, -0.25) is 13.7 Å². The van der Waals surface area contributed by atoms with E-state index in [9.17, 15) is 9.00 Å². The van der Waals surface area contributed by atoms with Gasteiger partial charge in [0, 0.05) is 55.0 Å². The van der Waals surface area contributed by atoms with Gasteiger partial charge in [0.25, 0.3) is 5.91 Å². The Balaban J connectivity index is 0.000000924. The molecule has 0 bridgehead atoms. The fraction of sp³-hybridized carbons (Fsp3) is 0.733. The molecule has 2 aliphatic rings. The minimum atomic E-state index is -0.798. The number of aryl methyl sites for hydroxylation is 1. The molecule has 1 saturated heterocycles. The summed E-state index contributed by atoms with van der Waals surface area (Å²) in [5.74, 6) is 0.944. The molecule has 1 aromatic heterocycles. The van der Waals surface area contributed by atoms with Crippen LogP contribution in [0.4, 0.5) is 0 Å². The molecule has 3 rings (SSSR count). The minimum absolute atomic E-state index is 0.139. The molecule has 6 nitrogen and oxygen atoms in total. The molecule has 0 atom stereocenters. The Morgan fingerprint density at radius 1 is 1.17 bits per heavy atom. The standard InChI is InChI=1S/C13H19ClN4O2S.C2H6/c1-16-3-2-4-18-10(9-16)11(14)12(15-18)13(19)17-5-7-21(20)8-6-17;1-2/h2-9H2,1H3;1-2H3. The number of carbonyl (C=O) groups excluding carboxylic acids is 1. The molecule has 23 heavy (non-hydrogen) atoms. The summed E-state index contributed by atoms with van der Waals surface area (Å²) in [6.07, 6.45) is 0.998. The molecule has 0 spiro atoms. The number of hydrogen-bond donors (Lipinski definition) is 0. The van der Waals surface area contributed by atoms with Crippen LogP contribution >= 0.6 is 11.6 Å². The summed E-state index contributed by atoms with van der Waals surface area (Å²) in [4.78, 5) is 16.5. The number of carbonyl (C=O) groups is 1. The molecule has 2 aliphatic heterocycles. The van der Waals surface area contributed by atoms with Crippen LogP contribution in [0.1, 0.15) is 36.5 Å². The van der Waals surface area contributed by atoms with Crippen molar-refractivity contribution in [3.05, 3.63) is 16.4 Å². The van der Waals surface area contributed by atoms with Crippen LogP contribution in [0.3, 0.4) is 0 Å². The summed E-state index contributed by atoms with van der Waals surface area (Å²) in [7, 11) is 1.24. The largest absolute Gasteiger partial charge is 0.335 e. The molecule has 1 aromatic rings. The number of aromatic nitrogens is 2. The van der Waals surface area contributed by atoms with Gasteiger partial charge in [-0.2, -0.15) is 5.10 Å². The van der Waals surface area contributed by atoms with Gasteiger partial charge in [-0.05, 0) is 13.5 Å². The summed E-state index contributed by atoms with van der Waals surface area (Å²) in [5.41, 5.74) is 1.26. The summed E-state index contributed by atoms with van der Waals surface area (Å²) >= 11 is 6.41. The lowest BCUT2D eigenvalue weighted by atomic mass is 10.3. The third-order valence-electron chi connectivity index (χ3n) is 3.99. The zero-order valence-electron chi connectivity index (χ0n) is 14.0. The van der Waals surface area contributed by atoms with Crippen molar-refractivity contribution in [2.75, 3.05) is 38.2 Å². The molecule has 0 unspecified atom stereocenters. The molecule has 130 valence electrons. The third-order valence-corrected chi connectivity index (χ3v) is 5.66. The van der Waals surface area contributed by atoms with Crippen LogP contribution in [0.2, 0.25) is 5.02 Å². The number of amides is 1. The molecule has 0 aromatic carbocycles. The molecule has 0 saturated carbocycles. The van der Waals surface area contributed by atoms with Crippen LogP contribution in [-0.4, -0.2) is 67.9 Å². The first-order valence-corrected chi connectivity index (χ1v) is 10.0. The fourth-order valence-corrected chi connectivity index (χ4v) is 4.09. The Labute approximate surface area is 145 Å². The SMILES string of the molecule is CC.CN1CCCn2nc(C(=O)N3CCS(=O)CC3)c(Cl)c2C1. The molecule has 0 N–H and O–H groups in total. The topological polar surface area (TPSA) is 58.4 Å². The zero-order valence-corrected chi connectivity index (χ0v) is 15.6. The molecule has 0 radical (unpaired) electrons. The highest BCUT2D eigenvalue weighted by Gasteiger charge is 2.28. The van der Waals surface area contributed by atoms with Gasteiger partial charge in [0.15, 0.2) is 5.69 Å². The summed E-state index contributed by atoms with van der Waals surface area (Å²) in [6.45, 7) is 7.54. The summed E-state index contributed by atoms with van der Waals surface area (Å²) in [5, 5.41) is 4.90. The van der Waals surface area contributed by atoms with E-state index in [1.807, 2.05) is 25.6 Å². The second-order valence-corrected chi connectivity index (χ2v) is 7.64. The van der Waals surface area contributed by atoms with Crippen LogP contribution in [0.25, 0.3) is 0 Å². The van der Waals surface area contributed by atoms with E-state index in [4.69, 9.17) is 11.6 Å². The number of hydrogen-bond acceptors (Lipinski definition) is 4. The van der Waals surface area contributed by atoms with Gasteiger partial charge in [-0.1, -0.05) is 25.4 Å². The highest BCUT2D eigenvalue weighted by molar-refractivity contribution is 7.85. The van der Waals surface area contributed by atoms with E-state index in [2.05, 4.69) is 10.00 Å². The first-order valence-electron chi connectivity index (χ1n) is 8.14. The maximum atomic E-state index is 12.6. The predicted octanol–water partition coefficient (Wildman–Crippen LogP) is 1.60. The van der Waals surface area contributed by atoms with E-state index < -0.39 is 10.8 Å². The number of rotatable bonds is 1. The fourth-order valence-electron chi connectivity index (χ4n) is 2.76. The number of nitrogens with zero attached hydrogens (tertiary/aromatic N) is 4. The molecule has 1 amide bonds. The van der Waals surface area contributed by atoms with Gasteiger partial charge in [-0.25, -0.2) is 0 Å². The lowest BCUT2D eigenvalue weighted by Gasteiger charge is -2.25. The smallest absolute Gasteiger partial charge is 0.275 e. The van der Waals surface area contributed by atoms with E-state index in [-0.39, 0.29) is 5.91 Å². The Kier molecular flexibility index (Phi) is 6.61. The van der Waals surface area contributed by atoms with Gasteiger partial charge in [0.1, 0.15) is 0 Å². The predicted molar refractivity (Wildman–Crippen MR) is 93.3 cm³/mol. The van der Waals surface area contributed by atoms with Crippen LogP contribution in [0.5, 0.6) is 0 Å². The van der Waals surface area contributed by atoms with Crippen molar-refractivity contribution >= 4 is 28.3 Å². The Morgan fingerprint density at radius 2 is 1.83 bits per heavy atom. The van der Waals surface area contributed by atoms with Gasteiger partial charge in [0.2, 0.25) is 0 Å². The zero-order chi connectivity index (χ0) is 17.0. The highest BCUT2D eigenvalue weighted by atomic mass is 35.5. The average Bonchev–Trinajstić information content (AvgIpc) is 2.74. The van der Waals surface area contributed by atoms with Gasteiger partial charge >= 0.3 is 0 Å². The van der Waals surface area contributed by atoms with Crippen LogP contribution in [0.15, 0.2) is 0 Å². The molecule has 3 heterocycles. The van der Waals surface area contributed by atoms with Crippen LogP contribution in [-0.2, 0) is 23.9 Å². The number of fused-ring (bicyclic) bond motifs is 1. The highest BCUT2D eigenvalue weighted by Crippen LogP contribution is 2.25. The minimum Gasteiger partial charge on any atom is -0.335 e. The van der Waals surface area contributed by atoms with Crippen molar-refractivity contribution in [3.8, 4) is 0 Å². The Morgan fingerprint density at radius 3 is 2.48 bits per heavy atom. The maximum absolute atomic E-state index is 12.6. The van der Waals surface area contributed by atoms with Crippen molar-refractivity contribution < 1.29 is 9.00 Å². The van der Waals surface area contributed by atoms with Crippen molar-refractivity contribution in [1.82, 2.24) is 19.6 Å². The second-order valence-electron chi connectivity index (χ2n) is 5.56. The lowest BCUT2D eigenvalue weighted by molar-refractivity contribution is 0.0764. The maximum Gasteiger partial charge on any atom is 0.275 e. The monoisotopic (exact) mass is 360 g/mol. The van der Waals surface area contributed by atoms with E-state index in [0.29, 0.717) is 41.9 Å². The van der Waals surface area contributed by atoms with E-state index in [1.54, 1.807) is 4.90 Å². The molecule has 0 aliphatic carbocycles. The average molecular weight is 361 g/mol. The van der Waals surface area contributed by atoms with Crippen molar-refractivity contribution in [2.45, 2.75) is 33.4 Å². The Hall–Kier alpha value is -0.920. The van der Waals surface area contributed by atoms with Crippen molar-refractivity contribution in [2.24, 2.45) is 0 Å². The van der Waals surface area contributed by atoms with Crippen LogP contribution < -0.4 is 0 Å². The molecular formula is C15H25ClN4O2S. The van der Waals surface area contributed by atoms with Gasteiger partial charge < -0.3 is 9.80 Å². The summed E-state index contributed by atoms with van der Waals surface area (Å²) in [6, 6.07) is 0. The van der Waals surface area contributed by atoms with Crippen molar-refractivity contribution in [1.29, 1.82) is 0 Å². The van der Waals surface area contributed by atoms with Crippen LogP contribution in [0, 0.1) is 0 Å². The first kappa shape index (κ1) is 18.4. The third kappa shape index (κ3) is 4.14.